The molecule has 0 saturated heterocycles. The predicted octanol–water partition coefficient (Wildman–Crippen LogP) is 23.5. The summed E-state index contributed by atoms with van der Waals surface area (Å²) in [7, 11) is -9.92. The van der Waals surface area contributed by atoms with Crippen molar-refractivity contribution in [3.8, 4) is 0 Å². The summed E-state index contributed by atoms with van der Waals surface area (Å²) in [5, 5.41) is 10.6. The fourth-order valence-corrected chi connectivity index (χ4v) is 13.8. The van der Waals surface area contributed by atoms with E-state index in [9.17, 15) is 43.2 Å². The molecule has 0 radical (unpaired) electrons. The molecular formula is C79H154O17P2. The van der Waals surface area contributed by atoms with Gasteiger partial charge >= 0.3 is 39.5 Å². The fourth-order valence-electron chi connectivity index (χ4n) is 12.2. The van der Waals surface area contributed by atoms with Crippen LogP contribution in [0.25, 0.3) is 0 Å². The Balaban J connectivity index is 5.24. The highest BCUT2D eigenvalue weighted by Gasteiger charge is 2.30. The van der Waals surface area contributed by atoms with Crippen LogP contribution in [0.15, 0.2) is 0 Å². The van der Waals surface area contributed by atoms with E-state index in [-0.39, 0.29) is 25.7 Å². The van der Waals surface area contributed by atoms with Gasteiger partial charge in [0.2, 0.25) is 0 Å². The lowest BCUT2D eigenvalue weighted by atomic mass is 10.0. The first-order chi connectivity index (χ1) is 47.4. The van der Waals surface area contributed by atoms with Gasteiger partial charge in [0, 0.05) is 25.7 Å². The summed E-state index contributed by atoms with van der Waals surface area (Å²) in [4.78, 5) is 72.9. The molecule has 0 amide bonds. The molecule has 0 aliphatic rings. The van der Waals surface area contributed by atoms with Crippen molar-refractivity contribution in [1.29, 1.82) is 0 Å². The maximum atomic E-state index is 13.1. The molecule has 0 saturated carbocycles. The molecule has 0 aliphatic heterocycles. The van der Waals surface area contributed by atoms with E-state index in [4.69, 9.17) is 37.0 Å². The van der Waals surface area contributed by atoms with Crippen molar-refractivity contribution >= 4 is 39.5 Å². The first kappa shape index (κ1) is 96.1. The van der Waals surface area contributed by atoms with Crippen molar-refractivity contribution in [3.05, 3.63) is 0 Å². The zero-order valence-corrected chi connectivity index (χ0v) is 65.9. The van der Waals surface area contributed by atoms with Gasteiger partial charge in [-0.25, -0.2) is 9.13 Å². The first-order valence-corrected chi connectivity index (χ1v) is 44.0. The van der Waals surface area contributed by atoms with Gasteiger partial charge in [-0.05, 0) is 37.5 Å². The molecule has 2 unspecified atom stereocenters. The molecule has 0 rings (SSSR count). The van der Waals surface area contributed by atoms with E-state index in [2.05, 4.69) is 41.5 Å². The van der Waals surface area contributed by atoms with Crippen molar-refractivity contribution in [2.45, 2.75) is 432 Å². The van der Waals surface area contributed by atoms with Crippen molar-refractivity contribution in [2.75, 3.05) is 39.6 Å². The molecule has 582 valence electrons. The Morgan fingerprint density at radius 3 is 0.694 bits per heavy atom. The zero-order valence-electron chi connectivity index (χ0n) is 64.1. The zero-order chi connectivity index (χ0) is 72.1. The van der Waals surface area contributed by atoms with Crippen LogP contribution in [0.5, 0.6) is 0 Å². The highest BCUT2D eigenvalue weighted by molar-refractivity contribution is 7.47. The Bertz CT molecular complexity index is 1890. The third-order valence-corrected chi connectivity index (χ3v) is 20.4. The van der Waals surface area contributed by atoms with Gasteiger partial charge in [0.15, 0.2) is 12.2 Å². The highest BCUT2D eigenvalue weighted by atomic mass is 31.2. The van der Waals surface area contributed by atoms with Crippen LogP contribution in [0.4, 0.5) is 0 Å². The number of hydrogen-bond acceptors (Lipinski definition) is 15. The summed E-state index contributed by atoms with van der Waals surface area (Å²) >= 11 is 0. The van der Waals surface area contributed by atoms with Crippen molar-refractivity contribution < 1.29 is 80.2 Å². The molecule has 0 spiro atoms. The minimum Gasteiger partial charge on any atom is -0.462 e. The van der Waals surface area contributed by atoms with Gasteiger partial charge in [0.05, 0.1) is 26.4 Å². The van der Waals surface area contributed by atoms with Crippen molar-refractivity contribution in [1.82, 2.24) is 0 Å². The topological polar surface area (TPSA) is 237 Å². The first-order valence-electron chi connectivity index (χ1n) is 41.0. The molecule has 5 atom stereocenters. The lowest BCUT2D eigenvalue weighted by Crippen LogP contribution is -2.30. The number of esters is 4. The number of ether oxygens (including phenoxy) is 4. The quantitative estimate of drug-likeness (QED) is 0.0222. The lowest BCUT2D eigenvalue weighted by Gasteiger charge is -2.21. The van der Waals surface area contributed by atoms with Gasteiger partial charge < -0.3 is 33.8 Å². The van der Waals surface area contributed by atoms with Crippen LogP contribution in [0.3, 0.4) is 0 Å². The molecule has 0 aromatic carbocycles. The number of rotatable bonds is 78. The van der Waals surface area contributed by atoms with Gasteiger partial charge in [-0.2, -0.15) is 0 Å². The molecule has 19 heteroatoms. The van der Waals surface area contributed by atoms with Gasteiger partial charge in [-0.3, -0.25) is 37.3 Å². The van der Waals surface area contributed by atoms with E-state index in [0.717, 1.165) is 102 Å². The number of carbonyl (C=O) groups excluding carboxylic acids is 4. The Morgan fingerprint density at radius 1 is 0.276 bits per heavy atom. The molecule has 0 heterocycles. The Kier molecular flexibility index (Phi) is 69.3. The fraction of sp³-hybridized carbons (Fsp3) is 0.949. The maximum absolute atomic E-state index is 13.1. The third kappa shape index (κ3) is 72.4. The molecule has 98 heavy (non-hydrogen) atoms. The molecule has 3 N–H and O–H groups in total. The molecule has 0 aromatic heterocycles. The summed E-state index contributed by atoms with van der Waals surface area (Å²) in [5.74, 6) is -0.574. The van der Waals surface area contributed by atoms with E-state index < -0.39 is 97.5 Å². The standard InChI is InChI=1S/C79H154O17P2/c1-7-9-11-13-15-17-19-21-22-26-29-33-36-43-49-55-61-76(81)89-67-74(95-79(84)64-58-52-46-38-34-30-27-24-23-25-28-31-35-41-47-53-59-71(3)4)69-93-97(85,86)91-65-73(80)66-92-98(87,88)94-70-75(68-90-77(82)62-56-50-44-40-39-42-48-54-60-72(5)6)96-78(83)63-57-51-45-37-32-20-18-16-14-12-10-8-2/h71-75,80H,7-70H2,1-6H3,(H,85,86)(H,87,88)/t73-,74-,75-/m1/s1. The largest absolute Gasteiger partial charge is 0.472 e. The number of carbonyl (C=O) groups is 4. The second-order valence-corrected chi connectivity index (χ2v) is 32.3. The highest BCUT2D eigenvalue weighted by Crippen LogP contribution is 2.45. The predicted molar refractivity (Wildman–Crippen MR) is 400 cm³/mol. The van der Waals surface area contributed by atoms with Crippen LogP contribution in [-0.2, 0) is 65.4 Å². The maximum Gasteiger partial charge on any atom is 0.472 e. The average molecular weight is 1440 g/mol. The second-order valence-electron chi connectivity index (χ2n) is 29.4. The van der Waals surface area contributed by atoms with Crippen molar-refractivity contribution in [3.63, 3.8) is 0 Å². The average Bonchev–Trinajstić information content (AvgIpc) is 1.15. The third-order valence-electron chi connectivity index (χ3n) is 18.5. The number of phosphoric ester groups is 2. The lowest BCUT2D eigenvalue weighted by molar-refractivity contribution is -0.161. The normalized spacial score (nSPS) is 13.9. The van der Waals surface area contributed by atoms with Gasteiger partial charge in [0.1, 0.15) is 19.3 Å². The molecule has 17 nitrogen and oxygen atoms in total. The summed E-state index contributed by atoms with van der Waals surface area (Å²) in [6.07, 6.45) is 59.6. The van der Waals surface area contributed by atoms with Crippen LogP contribution in [0, 0.1) is 11.8 Å². The number of unbranched alkanes of at least 4 members (excludes halogenated alkanes) is 48. The molecule has 0 fully saturated rings. The van der Waals surface area contributed by atoms with Crippen LogP contribution < -0.4 is 0 Å². The molecule has 0 bridgehead atoms. The van der Waals surface area contributed by atoms with Crippen LogP contribution in [0.1, 0.15) is 414 Å². The van der Waals surface area contributed by atoms with Gasteiger partial charge in [0.25, 0.3) is 0 Å². The number of phosphoric acid groups is 2. The number of aliphatic hydroxyl groups is 1. The Labute approximate surface area is 600 Å². The minimum atomic E-state index is -4.96. The van der Waals surface area contributed by atoms with Gasteiger partial charge in [-0.15, -0.1) is 0 Å². The van der Waals surface area contributed by atoms with Gasteiger partial charge in [-0.1, -0.05) is 363 Å². The molecular weight excluding hydrogens is 1280 g/mol. The molecule has 0 aliphatic carbocycles. The van der Waals surface area contributed by atoms with E-state index in [1.807, 2.05) is 0 Å². The summed E-state index contributed by atoms with van der Waals surface area (Å²) in [5.41, 5.74) is 0. The molecule has 0 aromatic rings. The SMILES string of the molecule is CCCCCCCCCCCCCCCCCCC(=O)OC[C@H](COP(=O)(O)OC[C@@H](O)COP(=O)(O)OC[C@@H](COC(=O)CCCCCCCCCCC(C)C)OC(=O)CCCCCCCCCCCCCC)OC(=O)CCCCCCCCCCCCCCCCCCC(C)C. The van der Waals surface area contributed by atoms with E-state index in [1.165, 1.54) is 231 Å². The van der Waals surface area contributed by atoms with Crippen LogP contribution >= 0.6 is 15.6 Å². The van der Waals surface area contributed by atoms with E-state index >= 15 is 0 Å². The minimum absolute atomic E-state index is 0.107. The Hall–Kier alpha value is -1.94. The van der Waals surface area contributed by atoms with E-state index in [0.29, 0.717) is 25.7 Å². The smallest absolute Gasteiger partial charge is 0.462 e. The Morgan fingerprint density at radius 2 is 0.469 bits per heavy atom. The van der Waals surface area contributed by atoms with Crippen LogP contribution in [0.2, 0.25) is 0 Å². The number of aliphatic hydroxyl groups excluding tert-OH is 1. The van der Waals surface area contributed by atoms with Crippen LogP contribution in [-0.4, -0.2) is 96.7 Å². The summed E-state index contributed by atoms with van der Waals surface area (Å²) in [6.45, 7) is 9.62. The summed E-state index contributed by atoms with van der Waals surface area (Å²) < 4.78 is 68.6. The monoisotopic (exact) mass is 1440 g/mol. The van der Waals surface area contributed by atoms with Crippen molar-refractivity contribution in [2.24, 2.45) is 11.8 Å². The summed E-state index contributed by atoms with van der Waals surface area (Å²) in [6, 6.07) is 0. The number of hydrogen-bond donors (Lipinski definition) is 3. The second kappa shape index (κ2) is 70.7. The van der Waals surface area contributed by atoms with E-state index in [1.54, 1.807) is 0 Å².